The van der Waals surface area contributed by atoms with Crippen molar-refractivity contribution in [1.29, 1.82) is 0 Å². The van der Waals surface area contributed by atoms with E-state index in [9.17, 15) is 4.79 Å². The standard InChI is InChI=1S/C20H26N4O/c1-14-10-15(2)12-18(11-14)23-20(21)22-9-8-16-6-5-7-17(13-16)19(25)24(3)4/h5-7,10-13H,8-9H2,1-4H3,(H3,21,22,23). The van der Waals surface area contributed by atoms with Crippen LogP contribution in [0.2, 0.25) is 0 Å². The molecule has 0 aliphatic rings. The molecular weight excluding hydrogens is 312 g/mol. The van der Waals surface area contributed by atoms with Crippen LogP contribution < -0.4 is 11.1 Å². The number of carbonyl (C=O) groups is 1. The molecule has 5 nitrogen and oxygen atoms in total. The van der Waals surface area contributed by atoms with Gasteiger partial charge in [0.2, 0.25) is 0 Å². The minimum atomic E-state index is 0.00125. The van der Waals surface area contributed by atoms with Gasteiger partial charge in [-0.05, 0) is 61.2 Å². The Morgan fingerprint density at radius 1 is 1.12 bits per heavy atom. The number of guanidine groups is 1. The number of nitrogens with two attached hydrogens (primary N) is 1. The summed E-state index contributed by atoms with van der Waals surface area (Å²) in [5.41, 5.74) is 11.0. The minimum absolute atomic E-state index is 0.00125. The highest BCUT2D eigenvalue weighted by atomic mass is 16.2. The van der Waals surface area contributed by atoms with E-state index in [1.54, 1.807) is 19.0 Å². The van der Waals surface area contributed by atoms with Gasteiger partial charge in [0.05, 0.1) is 0 Å². The number of aryl methyl sites for hydroxylation is 2. The smallest absolute Gasteiger partial charge is 0.253 e. The van der Waals surface area contributed by atoms with Crippen molar-refractivity contribution < 1.29 is 4.79 Å². The maximum Gasteiger partial charge on any atom is 0.253 e. The highest BCUT2D eigenvalue weighted by Gasteiger charge is 2.07. The zero-order chi connectivity index (χ0) is 18.4. The molecule has 0 spiro atoms. The first-order chi connectivity index (χ1) is 11.8. The maximum atomic E-state index is 12.0. The Hall–Kier alpha value is -2.82. The molecular formula is C20H26N4O. The van der Waals surface area contributed by atoms with Crippen LogP contribution in [0.1, 0.15) is 27.0 Å². The van der Waals surface area contributed by atoms with Crippen LogP contribution in [0.3, 0.4) is 0 Å². The quantitative estimate of drug-likeness (QED) is 0.650. The lowest BCUT2D eigenvalue weighted by Gasteiger charge is -2.11. The van der Waals surface area contributed by atoms with Crippen LogP contribution in [0.25, 0.3) is 0 Å². The zero-order valence-electron chi connectivity index (χ0n) is 15.3. The van der Waals surface area contributed by atoms with Crippen molar-refractivity contribution in [2.45, 2.75) is 20.3 Å². The lowest BCUT2D eigenvalue weighted by molar-refractivity contribution is 0.0827. The molecule has 132 valence electrons. The molecule has 0 saturated heterocycles. The molecule has 5 heteroatoms. The summed E-state index contributed by atoms with van der Waals surface area (Å²) >= 11 is 0. The number of amides is 1. The van der Waals surface area contributed by atoms with Gasteiger partial charge >= 0.3 is 0 Å². The fourth-order valence-electron chi connectivity index (χ4n) is 2.66. The zero-order valence-corrected chi connectivity index (χ0v) is 15.3. The van der Waals surface area contributed by atoms with Crippen molar-refractivity contribution in [2.24, 2.45) is 10.7 Å². The molecule has 0 aliphatic carbocycles. The number of rotatable bonds is 5. The van der Waals surface area contributed by atoms with Gasteiger partial charge in [-0.1, -0.05) is 18.2 Å². The SMILES string of the molecule is Cc1cc(C)cc(NC(N)=NCCc2cccc(C(=O)N(C)C)c2)c1. The molecule has 0 atom stereocenters. The molecule has 25 heavy (non-hydrogen) atoms. The molecule has 0 heterocycles. The number of carbonyl (C=O) groups excluding carboxylic acids is 1. The van der Waals surface area contributed by atoms with Gasteiger partial charge in [-0.25, -0.2) is 0 Å². The summed E-state index contributed by atoms with van der Waals surface area (Å²) in [6.07, 6.45) is 0.726. The summed E-state index contributed by atoms with van der Waals surface area (Å²) in [6, 6.07) is 13.8. The fraction of sp³-hybridized carbons (Fsp3) is 0.300. The summed E-state index contributed by atoms with van der Waals surface area (Å²) in [6.45, 7) is 4.66. The van der Waals surface area contributed by atoms with Crippen molar-refractivity contribution in [3.8, 4) is 0 Å². The Balaban J connectivity index is 1.96. The van der Waals surface area contributed by atoms with E-state index in [-0.39, 0.29) is 5.91 Å². The normalized spacial score (nSPS) is 11.3. The first-order valence-electron chi connectivity index (χ1n) is 8.31. The second kappa shape index (κ2) is 8.33. The molecule has 0 unspecified atom stereocenters. The van der Waals surface area contributed by atoms with E-state index in [4.69, 9.17) is 5.73 Å². The summed E-state index contributed by atoms with van der Waals surface area (Å²) < 4.78 is 0. The molecule has 0 aromatic heterocycles. The summed E-state index contributed by atoms with van der Waals surface area (Å²) in [5.74, 6) is 0.395. The Kier molecular flexibility index (Phi) is 6.17. The topological polar surface area (TPSA) is 70.7 Å². The fourth-order valence-corrected chi connectivity index (χ4v) is 2.66. The molecule has 2 aromatic rings. The van der Waals surface area contributed by atoms with Gasteiger partial charge in [0, 0.05) is 31.9 Å². The Bertz CT molecular complexity index is 761. The molecule has 2 rings (SSSR count). The molecule has 0 fully saturated rings. The Labute approximate surface area is 149 Å². The van der Waals surface area contributed by atoms with Gasteiger partial charge in [0.25, 0.3) is 5.91 Å². The van der Waals surface area contributed by atoms with Crippen LogP contribution in [0.5, 0.6) is 0 Å². The van der Waals surface area contributed by atoms with Crippen molar-refractivity contribution >= 4 is 17.6 Å². The monoisotopic (exact) mass is 338 g/mol. The maximum absolute atomic E-state index is 12.0. The van der Waals surface area contributed by atoms with Crippen molar-refractivity contribution in [1.82, 2.24) is 4.90 Å². The van der Waals surface area contributed by atoms with Crippen molar-refractivity contribution in [2.75, 3.05) is 26.0 Å². The molecule has 0 aliphatic heterocycles. The Morgan fingerprint density at radius 2 is 1.80 bits per heavy atom. The number of hydrogen-bond donors (Lipinski definition) is 2. The predicted molar refractivity (Wildman–Crippen MR) is 104 cm³/mol. The molecule has 1 amide bonds. The molecule has 0 radical (unpaired) electrons. The number of anilines is 1. The van der Waals surface area contributed by atoms with Crippen LogP contribution in [0.4, 0.5) is 5.69 Å². The molecule has 0 bridgehead atoms. The van der Waals surface area contributed by atoms with E-state index in [0.717, 1.165) is 17.7 Å². The van der Waals surface area contributed by atoms with Gasteiger partial charge in [-0.15, -0.1) is 0 Å². The van der Waals surface area contributed by atoms with Gasteiger partial charge < -0.3 is 16.0 Å². The van der Waals surface area contributed by atoms with Gasteiger partial charge in [-0.3, -0.25) is 9.79 Å². The Morgan fingerprint density at radius 3 is 2.44 bits per heavy atom. The van der Waals surface area contributed by atoms with Crippen LogP contribution in [-0.2, 0) is 6.42 Å². The number of benzene rings is 2. The largest absolute Gasteiger partial charge is 0.370 e. The number of aliphatic imine (C=N–C) groups is 1. The predicted octanol–water partition coefficient (Wildman–Crippen LogP) is 2.97. The van der Waals surface area contributed by atoms with E-state index in [1.165, 1.54) is 11.1 Å². The van der Waals surface area contributed by atoms with E-state index in [2.05, 4.69) is 16.4 Å². The van der Waals surface area contributed by atoms with Crippen LogP contribution in [-0.4, -0.2) is 37.4 Å². The van der Waals surface area contributed by atoms with Crippen molar-refractivity contribution in [3.05, 3.63) is 64.7 Å². The molecule has 0 saturated carbocycles. The third kappa shape index (κ3) is 5.64. The average Bonchev–Trinajstić information content (AvgIpc) is 2.53. The van der Waals surface area contributed by atoms with Crippen LogP contribution in [0, 0.1) is 13.8 Å². The van der Waals surface area contributed by atoms with E-state index >= 15 is 0 Å². The number of hydrogen-bond acceptors (Lipinski definition) is 2. The van der Waals surface area contributed by atoms with Gasteiger partial charge in [0.1, 0.15) is 0 Å². The average molecular weight is 338 g/mol. The summed E-state index contributed by atoms with van der Waals surface area (Å²) in [7, 11) is 3.50. The van der Waals surface area contributed by atoms with E-state index in [1.807, 2.05) is 50.2 Å². The lowest BCUT2D eigenvalue weighted by Crippen LogP contribution is -2.23. The number of nitrogens with one attached hydrogen (secondary N) is 1. The second-order valence-corrected chi connectivity index (χ2v) is 6.42. The molecule has 2 aromatic carbocycles. The second-order valence-electron chi connectivity index (χ2n) is 6.42. The van der Waals surface area contributed by atoms with Crippen LogP contribution in [0.15, 0.2) is 47.5 Å². The van der Waals surface area contributed by atoms with E-state index in [0.29, 0.717) is 18.1 Å². The van der Waals surface area contributed by atoms with Gasteiger partial charge in [-0.2, -0.15) is 0 Å². The summed E-state index contributed by atoms with van der Waals surface area (Å²) in [4.78, 5) is 17.9. The third-order valence-electron chi connectivity index (χ3n) is 3.76. The third-order valence-corrected chi connectivity index (χ3v) is 3.76. The number of nitrogens with zero attached hydrogens (tertiary/aromatic N) is 2. The first-order valence-corrected chi connectivity index (χ1v) is 8.31. The highest BCUT2D eigenvalue weighted by Crippen LogP contribution is 2.13. The lowest BCUT2D eigenvalue weighted by atomic mass is 10.1. The molecule has 3 N–H and O–H groups in total. The minimum Gasteiger partial charge on any atom is -0.370 e. The van der Waals surface area contributed by atoms with E-state index < -0.39 is 0 Å². The van der Waals surface area contributed by atoms with Gasteiger partial charge in [0.15, 0.2) is 5.96 Å². The van der Waals surface area contributed by atoms with Crippen molar-refractivity contribution in [3.63, 3.8) is 0 Å². The first kappa shape index (κ1) is 18.5. The van der Waals surface area contributed by atoms with Crippen LogP contribution >= 0.6 is 0 Å². The summed E-state index contributed by atoms with van der Waals surface area (Å²) in [5, 5.41) is 3.12. The highest BCUT2D eigenvalue weighted by molar-refractivity contribution is 5.94.